The van der Waals surface area contributed by atoms with Crippen LogP contribution in [0.25, 0.3) is 0 Å². The molecule has 0 unspecified atom stereocenters. The molecule has 0 amide bonds. The molecule has 2 aromatic heterocycles. The second-order valence-corrected chi connectivity index (χ2v) is 5.26. The van der Waals surface area contributed by atoms with E-state index in [1.54, 1.807) is 0 Å². The monoisotopic (exact) mass is 261 g/mol. The zero-order valence-corrected chi connectivity index (χ0v) is 12.2. The summed E-state index contributed by atoms with van der Waals surface area (Å²) in [5.74, 6) is 0. The molecule has 0 aliphatic rings. The predicted molar refractivity (Wildman–Crippen MR) is 75.7 cm³/mol. The maximum atomic E-state index is 4.50. The lowest BCUT2D eigenvalue weighted by Crippen LogP contribution is -2.17. The van der Waals surface area contributed by atoms with E-state index in [4.69, 9.17) is 0 Å². The van der Waals surface area contributed by atoms with Crippen molar-refractivity contribution in [1.29, 1.82) is 0 Å². The number of hydrogen-bond donors (Lipinski definition) is 0. The topological polar surface area (TPSA) is 38.9 Å². The Labute approximate surface area is 114 Å². The Morgan fingerprint density at radius 1 is 1.32 bits per heavy atom. The Morgan fingerprint density at radius 3 is 2.68 bits per heavy atom. The van der Waals surface area contributed by atoms with Gasteiger partial charge in [-0.3, -0.25) is 14.3 Å². The van der Waals surface area contributed by atoms with Crippen molar-refractivity contribution in [3.8, 4) is 0 Å². The van der Waals surface area contributed by atoms with Gasteiger partial charge in [0.2, 0.25) is 0 Å². The van der Waals surface area contributed by atoms with E-state index in [0.717, 1.165) is 25.3 Å². The average molecular weight is 261 g/mol. The summed E-state index contributed by atoms with van der Waals surface area (Å²) >= 11 is 0. The van der Waals surface area contributed by atoms with E-state index in [-0.39, 0.29) is 0 Å². The SMILES string of the molecule is CCn1ccc(CN(C)Cc2cnn(C(C)C)c2)n1. The Morgan fingerprint density at radius 2 is 2.11 bits per heavy atom. The van der Waals surface area contributed by atoms with Crippen LogP contribution in [0.4, 0.5) is 0 Å². The lowest BCUT2D eigenvalue weighted by Gasteiger charge is -2.13. The molecule has 104 valence electrons. The summed E-state index contributed by atoms with van der Waals surface area (Å²) in [6.45, 7) is 9.05. The number of hydrogen-bond acceptors (Lipinski definition) is 3. The summed E-state index contributed by atoms with van der Waals surface area (Å²) in [5.41, 5.74) is 2.35. The van der Waals surface area contributed by atoms with Gasteiger partial charge in [-0.05, 0) is 33.9 Å². The molecule has 5 heteroatoms. The number of aryl methyl sites for hydroxylation is 1. The van der Waals surface area contributed by atoms with Crippen LogP contribution >= 0.6 is 0 Å². The lowest BCUT2D eigenvalue weighted by molar-refractivity contribution is 0.313. The van der Waals surface area contributed by atoms with Crippen LogP contribution < -0.4 is 0 Å². The highest BCUT2D eigenvalue weighted by molar-refractivity contribution is 5.05. The fourth-order valence-corrected chi connectivity index (χ4v) is 2.05. The van der Waals surface area contributed by atoms with Gasteiger partial charge < -0.3 is 0 Å². The molecule has 2 aromatic rings. The van der Waals surface area contributed by atoms with Crippen LogP contribution in [0.1, 0.15) is 38.1 Å². The first-order valence-electron chi connectivity index (χ1n) is 6.82. The Hall–Kier alpha value is -1.62. The van der Waals surface area contributed by atoms with Gasteiger partial charge in [-0.15, -0.1) is 0 Å². The molecule has 0 spiro atoms. The number of rotatable bonds is 6. The molecule has 0 fully saturated rings. The smallest absolute Gasteiger partial charge is 0.0764 e. The van der Waals surface area contributed by atoms with Gasteiger partial charge in [0, 0.05) is 43.6 Å². The van der Waals surface area contributed by atoms with Crippen LogP contribution in [0.2, 0.25) is 0 Å². The molecule has 0 atom stereocenters. The zero-order valence-electron chi connectivity index (χ0n) is 12.2. The molecule has 2 heterocycles. The van der Waals surface area contributed by atoms with Gasteiger partial charge in [0.1, 0.15) is 0 Å². The Kier molecular flexibility index (Phi) is 4.37. The molecular formula is C14H23N5. The van der Waals surface area contributed by atoms with Gasteiger partial charge in [0.05, 0.1) is 11.9 Å². The highest BCUT2D eigenvalue weighted by Gasteiger charge is 2.07. The third-order valence-electron chi connectivity index (χ3n) is 3.09. The van der Waals surface area contributed by atoms with E-state index in [1.807, 2.05) is 21.8 Å². The van der Waals surface area contributed by atoms with Crippen molar-refractivity contribution in [2.75, 3.05) is 7.05 Å². The second kappa shape index (κ2) is 6.02. The maximum Gasteiger partial charge on any atom is 0.0764 e. The molecule has 19 heavy (non-hydrogen) atoms. The van der Waals surface area contributed by atoms with Crippen LogP contribution in [0, 0.1) is 0 Å². The zero-order chi connectivity index (χ0) is 13.8. The van der Waals surface area contributed by atoms with Crippen molar-refractivity contribution in [3.63, 3.8) is 0 Å². The van der Waals surface area contributed by atoms with E-state index in [1.165, 1.54) is 5.56 Å². The van der Waals surface area contributed by atoms with Crippen molar-refractivity contribution in [3.05, 3.63) is 35.9 Å². The van der Waals surface area contributed by atoms with Crippen molar-refractivity contribution < 1.29 is 0 Å². The molecule has 2 rings (SSSR count). The maximum absolute atomic E-state index is 4.50. The molecule has 0 aliphatic carbocycles. The highest BCUT2D eigenvalue weighted by atomic mass is 15.3. The highest BCUT2D eigenvalue weighted by Crippen LogP contribution is 2.09. The minimum atomic E-state index is 0.416. The fourth-order valence-electron chi connectivity index (χ4n) is 2.05. The molecular weight excluding hydrogens is 238 g/mol. The van der Waals surface area contributed by atoms with E-state index in [0.29, 0.717) is 6.04 Å². The minimum absolute atomic E-state index is 0.416. The molecule has 0 radical (unpaired) electrons. The Balaban J connectivity index is 1.91. The summed E-state index contributed by atoms with van der Waals surface area (Å²) in [6.07, 6.45) is 6.09. The first-order valence-corrected chi connectivity index (χ1v) is 6.82. The van der Waals surface area contributed by atoms with Crippen molar-refractivity contribution >= 4 is 0 Å². The number of aromatic nitrogens is 4. The van der Waals surface area contributed by atoms with Crippen LogP contribution in [-0.4, -0.2) is 31.5 Å². The Bertz CT molecular complexity index is 511. The van der Waals surface area contributed by atoms with Gasteiger partial charge in [0.15, 0.2) is 0 Å². The van der Waals surface area contributed by atoms with E-state index in [2.05, 4.69) is 55.2 Å². The van der Waals surface area contributed by atoms with Crippen molar-refractivity contribution in [2.45, 2.75) is 46.4 Å². The lowest BCUT2D eigenvalue weighted by atomic mass is 10.3. The van der Waals surface area contributed by atoms with Gasteiger partial charge in [-0.1, -0.05) is 0 Å². The molecule has 0 bridgehead atoms. The first-order chi connectivity index (χ1) is 9.08. The quantitative estimate of drug-likeness (QED) is 0.801. The number of nitrogens with zero attached hydrogens (tertiary/aromatic N) is 5. The minimum Gasteiger partial charge on any atom is -0.296 e. The van der Waals surface area contributed by atoms with Crippen LogP contribution in [-0.2, 0) is 19.6 Å². The predicted octanol–water partition coefficient (Wildman–Crippen LogP) is 2.31. The summed E-state index contributed by atoms with van der Waals surface area (Å²) in [5, 5.41) is 8.86. The molecule has 0 N–H and O–H groups in total. The van der Waals surface area contributed by atoms with Gasteiger partial charge >= 0.3 is 0 Å². The third kappa shape index (κ3) is 3.67. The van der Waals surface area contributed by atoms with E-state index < -0.39 is 0 Å². The van der Waals surface area contributed by atoms with Gasteiger partial charge in [-0.2, -0.15) is 10.2 Å². The molecule has 5 nitrogen and oxygen atoms in total. The molecule has 0 aromatic carbocycles. The summed E-state index contributed by atoms with van der Waals surface area (Å²) in [7, 11) is 2.11. The summed E-state index contributed by atoms with van der Waals surface area (Å²) < 4.78 is 3.95. The molecule has 0 saturated heterocycles. The first kappa shape index (κ1) is 13.8. The summed E-state index contributed by atoms with van der Waals surface area (Å²) in [6, 6.07) is 2.50. The third-order valence-corrected chi connectivity index (χ3v) is 3.09. The second-order valence-electron chi connectivity index (χ2n) is 5.26. The van der Waals surface area contributed by atoms with E-state index in [9.17, 15) is 0 Å². The standard InChI is InChI=1S/C14H23N5/c1-5-18-7-6-14(16-18)11-17(4)9-13-8-15-19(10-13)12(2)3/h6-8,10,12H,5,9,11H2,1-4H3. The normalized spacial score (nSPS) is 11.7. The average Bonchev–Trinajstić information content (AvgIpc) is 2.98. The van der Waals surface area contributed by atoms with Gasteiger partial charge in [0.25, 0.3) is 0 Å². The summed E-state index contributed by atoms with van der Waals surface area (Å²) in [4.78, 5) is 2.25. The van der Waals surface area contributed by atoms with Crippen LogP contribution in [0.3, 0.4) is 0 Å². The van der Waals surface area contributed by atoms with Crippen molar-refractivity contribution in [1.82, 2.24) is 24.5 Å². The molecule has 0 aliphatic heterocycles. The van der Waals surface area contributed by atoms with E-state index >= 15 is 0 Å². The van der Waals surface area contributed by atoms with Gasteiger partial charge in [-0.25, -0.2) is 0 Å². The largest absolute Gasteiger partial charge is 0.296 e. The molecule has 0 saturated carbocycles. The van der Waals surface area contributed by atoms with Crippen molar-refractivity contribution in [2.24, 2.45) is 0 Å². The van der Waals surface area contributed by atoms with Crippen LogP contribution in [0.15, 0.2) is 24.7 Å². The fraction of sp³-hybridized carbons (Fsp3) is 0.571. The van der Waals surface area contributed by atoms with Crippen LogP contribution in [0.5, 0.6) is 0 Å².